The van der Waals surface area contributed by atoms with Gasteiger partial charge in [-0.3, -0.25) is 14.5 Å². The van der Waals surface area contributed by atoms with Gasteiger partial charge in [0, 0.05) is 20.0 Å². The highest BCUT2D eigenvalue weighted by Crippen LogP contribution is 2.24. The summed E-state index contributed by atoms with van der Waals surface area (Å²) in [7, 11) is -1.76. The van der Waals surface area contributed by atoms with Crippen LogP contribution in [-0.4, -0.2) is 56.3 Å². The maximum Gasteiger partial charge on any atom is 0.242 e. The Kier molecular flexibility index (Phi) is 5.22. The molecule has 0 spiro atoms. The number of hydrogen-bond acceptors (Lipinski definition) is 4. The van der Waals surface area contributed by atoms with Gasteiger partial charge in [0.05, 0.1) is 11.5 Å². The first-order chi connectivity index (χ1) is 11.1. The number of likely N-dealkylation sites (N-methyl/N-ethyl adjacent to an activating group) is 1. The number of nitrogens with zero attached hydrogens (tertiary/aromatic N) is 2. The second kappa shape index (κ2) is 6.84. The topological polar surface area (TPSA) is 74.8 Å². The highest BCUT2D eigenvalue weighted by molar-refractivity contribution is 7.91. The van der Waals surface area contributed by atoms with Gasteiger partial charge >= 0.3 is 0 Å². The number of halogens is 2. The van der Waals surface area contributed by atoms with Crippen LogP contribution in [0.25, 0.3) is 0 Å². The van der Waals surface area contributed by atoms with Crippen molar-refractivity contribution in [2.75, 3.05) is 30.0 Å². The van der Waals surface area contributed by atoms with Gasteiger partial charge in [0.2, 0.25) is 11.8 Å². The van der Waals surface area contributed by atoms with E-state index < -0.39 is 51.6 Å². The lowest BCUT2D eigenvalue weighted by atomic mass is 10.2. The van der Waals surface area contributed by atoms with Crippen LogP contribution in [0.4, 0.5) is 14.5 Å². The largest absolute Gasteiger partial charge is 0.340 e. The van der Waals surface area contributed by atoms with Crippen molar-refractivity contribution in [2.24, 2.45) is 0 Å². The molecular formula is C15H18F2N2O4S. The predicted octanol–water partition coefficient (Wildman–Crippen LogP) is 0.963. The van der Waals surface area contributed by atoms with Crippen LogP contribution < -0.4 is 4.90 Å². The SMILES string of the molecule is CC(=O)N(CC(=O)N(C)C1CCS(=O)(=O)C1)c1c(F)cccc1F. The zero-order valence-corrected chi connectivity index (χ0v) is 14.1. The van der Waals surface area contributed by atoms with Crippen LogP contribution in [0.1, 0.15) is 13.3 Å². The summed E-state index contributed by atoms with van der Waals surface area (Å²) in [6, 6.07) is 2.64. The van der Waals surface area contributed by atoms with Gasteiger partial charge < -0.3 is 4.90 Å². The number of carbonyl (C=O) groups is 2. The van der Waals surface area contributed by atoms with E-state index in [9.17, 15) is 26.8 Å². The Morgan fingerprint density at radius 2 is 1.83 bits per heavy atom. The number of anilines is 1. The number of rotatable bonds is 4. The molecule has 0 radical (unpaired) electrons. The van der Waals surface area contributed by atoms with E-state index in [0.717, 1.165) is 25.1 Å². The van der Waals surface area contributed by atoms with Crippen LogP contribution in [0.2, 0.25) is 0 Å². The lowest BCUT2D eigenvalue weighted by Crippen LogP contribution is -2.45. The summed E-state index contributed by atoms with van der Waals surface area (Å²) >= 11 is 0. The molecule has 1 aromatic carbocycles. The lowest BCUT2D eigenvalue weighted by molar-refractivity contribution is -0.131. The first kappa shape index (κ1) is 18.3. The first-order valence-electron chi connectivity index (χ1n) is 7.30. The molecule has 0 saturated carbocycles. The van der Waals surface area contributed by atoms with E-state index in [4.69, 9.17) is 0 Å². The van der Waals surface area contributed by atoms with Crippen LogP contribution in [0.3, 0.4) is 0 Å². The number of benzene rings is 1. The fourth-order valence-electron chi connectivity index (χ4n) is 2.63. The molecule has 1 unspecified atom stereocenters. The Bertz CT molecular complexity index is 746. The molecule has 0 aliphatic carbocycles. The molecule has 1 aromatic rings. The second-order valence-corrected chi connectivity index (χ2v) is 7.97. The molecule has 1 atom stereocenters. The average molecular weight is 360 g/mol. The third-order valence-corrected chi connectivity index (χ3v) is 5.78. The van der Waals surface area contributed by atoms with E-state index in [1.807, 2.05) is 0 Å². The van der Waals surface area contributed by atoms with E-state index in [2.05, 4.69) is 0 Å². The van der Waals surface area contributed by atoms with Crippen molar-refractivity contribution in [3.05, 3.63) is 29.8 Å². The molecule has 2 rings (SSSR count). The highest BCUT2D eigenvalue weighted by atomic mass is 32.2. The van der Waals surface area contributed by atoms with E-state index in [-0.39, 0.29) is 11.5 Å². The quantitative estimate of drug-likeness (QED) is 0.802. The molecule has 0 N–H and O–H groups in total. The zero-order valence-electron chi connectivity index (χ0n) is 13.3. The summed E-state index contributed by atoms with van der Waals surface area (Å²) in [6.07, 6.45) is 0.304. The summed E-state index contributed by atoms with van der Waals surface area (Å²) in [5.41, 5.74) is -0.592. The highest BCUT2D eigenvalue weighted by Gasteiger charge is 2.34. The van der Waals surface area contributed by atoms with Crippen molar-refractivity contribution >= 4 is 27.3 Å². The van der Waals surface area contributed by atoms with Crippen molar-refractivity contribution in [3.8, 4) is 0 Å². The van der Waals surface area contributed by atoms with Gasteiger partial charge in [0.15, 0.2) is 9.84 Å². The molecular weight excluding hydrogens is 342 g/mol. The van der Waals surface area contributed by atoms with Crippen LogP contribution in [-0.2, 0) is 19.4 Å². The Hall–Kier alpha value is -2.03. The minimum absolute atomic E-state index is 0.00630. The molecule has 1 heterocycles. The smallest absolute Gasteiger partial charge is 0.242 e. The second-order valence-electron chi connectivity index (χ2n) is 5.74. The Morgan fingerprint density at radius 1 is 1.25 bits per heavy atom. The molecule has 1 aliphatic heterocycles. The number of sulfone groups is 1. The lowest BCUT2D eigenvalue weighted by Gasteiger charge is -2.28. The van der Waals surface area contributed by atoms with Gasteiger partial charge in [0.1, 0.15) is 23.9 Å². The normalized spacial score (nSPS) is 19.1. The van der Waals surface area contributed by atoms with Crippen LogP contribution in [0, 0.1) is 11.6 Å². The van der Waals surface area contributed by atoms with Gasteiger partial charge in [0.25, 0.3) is 0 Å². The molecule has 1 fully saturated rings. The van der Waals surface area contributed by atoms with E-state index in [1.165, 1.54) is 11.9 Å². The Labute approximate surface area is 139 Å². The fraction of sp³-hybridized carbons (Fsp3) is 0.467. The van der Waals surface area contributed by atoms with E-state index in [0.29, 0.717) is 11.3 Å². The first-order valence-corrected chi connectivity index (χ1v) is 9.12. The van der Waals surface area contributed by atoms with E-state index in [1.54, 1.807) is 0 Å². The van der Waals surface area contributed by atoms with Crippen LogP contribution in [0.15, 0.2) is 18.2 Å². The number of hydrogen-bond donors (Lipinski definition) is 0. The number of amides is 2. The molecule has 0 bridgehead atoms. The van der Waals surface area contributed by atoms with Crippen molar-refractivity contribution in [2.45, 2.75) is 19.4 Å². The molecule has 2 amide bonds. The number of carbonyl (C=O) groups excluding carboxylic acids is 2. The van der Waals surface area contributed by atoms with Crippen molar-refractivity contribution < 1.29 is 26.8 Å². The standard InChI is InChI=1S/C15H18F2N2O4S/c1-10(20)19(15-12(16)4-3-5-13(15)17)8-14(21)18(2)11-6-7-24(22,23)9-11/h3-5,11H,6-9H2,1-2H3. The summed E-state index contributed by atoms with van der Waals surface area (Å²) in [6.45, 7) is 0.527. The van der Waals surface area contributed by atoms with Crippen molar-refractivity contribution in [1.82, 2.24) is 4.90 Å². The summed E-state index contributed by atoms with van der Waals surface area (Å²) in [5, 5.41) is 0. The Balaban J connectivity index is 2.19. The summed E-state index contributed by atoms with van der Waals surface area (Å²) in [4.78, 5) is 26.0. The zero-order chi connectivity index (χ0) is 18.1. The molecule has 1 saturated heterocycles. The molecule has 1 aliphatic rings. The molecule has 132 valence electrons. The van der Waals surface area contributed by atoms with Crippen LogP contribution in [0.5, 0.6) is 0 Å². The van der Waals surface area contributed by atoms with Gasteiger partial charge in [-0.15, -0.1) is 0 Å². The Morgan fingerprint density at radius 3 is 2.29 bits per heavy atom. The summed E-state index contributed by atoms with van der Waals surface area (Å²) < 4.78 is 50.8. The monoisotopic (exact) mass is 360 g/mol. The third-order valence-electron chi connectivity index (χ3n) is 4.03. The molecule has 6 nitrogen and oxygen atoms in total. The number of para-hydroxylation sites is 1. The summed E-state index contributed by atoms with van der Waals surface area (Å²) in [5.74, 6) is -3.35. The molecule has 24 heavy (non-hydrogen) atoms. The van der Waals surface area contributed by atoms with Gasteiger partial charge in [-0.25, -0.2) is 17.2 Å². The molecule has 0 aromatic heterocycles. The average Bonchev–Trinajstić information content (AvgIpc) is 2.84. The van der Waals surface area contributed by atoms with Gasteiger partial charge in [-0.2, -0.15) is 0 Å². The van der Waals surface area contributed by atoms with Gasteiger partial charge in [-0.1, -0.05) is 6.07 Å². The van der Waals surface area contributed by atoms with E-state index >= 15 is 0 Å². The minimum Gasteiger partial charge on any atom is -0.340 e. The molecule has 9 heteroatoms. The minimum atomic E-state index is -3.18. The predicted molar refractivity (Wildman–Crippen MR) is 84.2 cm³/mol. The van der Waals surface area contributed by atoms with Crippen molar-refractivity contribution in [3.63, 3.8) is 0 Å². The van der Waals surface area contributed by atoms with Crippen LogP contribution >= 0.6 is 0 Å². The van der Waals surface area contributed by atoms with Crippen molar-refractivity contribution in [1.29, 1.82) is 0 Å². The third kappa shape index (κ3) is 3.89. The maximum atomic E-state index is 13.9. The van der Waals surface area contributed by atoms with Gasteiger partial charge in [-0.05, 0) is 18.6 Å². The maximum absolute atomic E-state index is 13.9. The fourth-order valence-corrected chi connectivity index (χ4v) is 4.40.